The summed E-state index contributed by atoms with van der Waals surface area (Å²) in [6, 6.07) is 12.8. The van der Waals surface area contributed by atoms with Gasteiger partial charge in [-0.15, -0.1) is 0 Å². The van der Waals surface area contributed by atoms with E-state index in [2.05, 4.69) is 4.72 Å². The van der Waals surface area contributed by atoms with Crippen molar-refractivity contribution in [3.63, 3.8) is 0 Å². The van der Waals surface area contributed by atoms with Crippen LogP contribution in [0, 0.1) is 0 Å². The van der Waals surface area contributed by atoms with Crippen molar-refractivity contribution in [2.45, 2.75) is 38.5 Å². The molecule has 0 aliphatic rings. The van der Waals surface area contributed by atoms with Gasteiger partial charge in [0.25, 0.3) is 15.9 Å². The average Bonchev–Trinajstić information content (AvgIpc) is 2.69. The summed E-state index contributed by atoms with van der Waals surface area (Å²) in [6.07, 6.45) is 1.70. The Morgan fingerprint density at radius 3 is 2.21 bits per heavy atom. The van der Waals surface area contributed by atoms with Crippen LogP contribution < -0.4 is 9.46 Å². The maximum absolute atomic E-state index is 12.8. The number of benzene rings is 2. The van der Waals surface area contributed by atoms with E-state index in [1.807, 2.05) is 20.8 Å². The normalized spacial score (nSPS) is 11.1. The van der Waals surface area contributed by atoms with Gasteiger partial charge in [-0.05, 0) is 62.2 Å². The van der Waals surface area contributed by atoms with Gasteiger partial charge in [0.2, 0.25) is 0 Å². The number of nitrogens with one attached hydrogen (secondary N) is 1. The summed E-state index contributed by atoms with van der Waals surface area (Å²) in [6.45, 7) is 7.74. The van der Waals surface area contributed by atoms with Crippen LogP contribution in [-0.2, 0) is 10.0 Å². The van der Waals surface area contributed by atoms with Crippen LogP contribution in [-0.4, -0.2) is 38.9 Å². The zero-order valence-electron chi connectivity index (χ0n) is 16.6. The molecule has 6 nitrogen and oxygen atoms in total. The molecule has 0 heterocycles. The predicted molar refractivity (Wildman–Crippen MR) is 111 cm³/mol. The van der Waals surface area contributed by atoms with Crippen molar-refractivity contribution in [1.29, 1.82) is 0 Å². The van der Waals surface area contributed by atoms with Crippen molar-refractivity contribution >= 4 is 21.6 Å². The van der Waals surface area contributed by atoms with Crippen molar-refractivity contribution in [2.75, 3.05) is 24.4 Å². The van der Waals surface area contributed by atoms with E-state index in [1.54, 1.807) is 41.3 Å². The summed E-state index contributed by atoms with van der Waals surface area (Å²) >= 11 is 0. The Labute approximate surface area is 167 Å². The van der Waals surface area contributed by atoms with E-state index < -0.39 is 10.0 Å². The summed E-state index contributed by atoms with van der Waals surface area (Å²) < 4.78 is 33.4. The number of hydrogen-bond acceptors (Lipinski definition) is 4. The van der Waals surface area contributed by atoms with Crippen LogP contribution in [0.2, 0.25) is 0 Å². The fraction of sp³-hybridized carbons (Fsp3) is 0.381. The molecule has 1 amide bonds. The van der Waals surface area contributed by atoms with Crippen molar-refractivity contribution < 1.29 is 17.9 Å². The summed E-state index contributed by atoms with van der Waals surface area (Å²) in [7, 11) is -3.81. The number of nitrogens with zero attached hydrogens (tertiary/aromatic N) is 1. The molecule has 2 aromatic carbocycles. The van der Waals surface area contributed by atoms with Crippen molar-refractivity contribution in [2.24, 2.45) is 0 Å². The SMILES string of the molecule is CCCN(CCC)C(=O)c1cccc(S(=O)(=O)Nc2ccc(OCC)cc2)c1. The molecular formula is C21H28N2O4S. The molecule has 0 saturated heterocycles. The van der Waals surface area contributed by atoms with Crippen LogP contribution in [0.15, 0.2) is 53.4 Å². The molecular weight excluding hydrogens is 376 g/mol. The average molecular weight is 405 g/mol. The summed E-state index contributed by atoms with van der Waals surface area (Å²) in [5, 5.41) is 0. The van der Waals surface area contributed by atoms with E-state index in [-0.39, 0.29) is 10.8 Å². The number of anilines is 1. The molecule has 0 saturated carbocycles. The Kier molecular flexibility index (Phi) is 7.87. The Bertz CT molecular complexity index is 874. The minimum atomic E-state index is -3.81. The maximum atomic E-state index is 12.8. The predicted octanol–water partition coefficient (Wildman–Crippen LogP) is 4.15. The Morgan fingerprint density at radius 1 is 1.00 bits per heavy atom. The lowest BCUT2D eigenvalue weighted by Gasteiger charge is -2.21. The van der Waals surface area contributed by atoms with E-state index >= 15 is 0 Å². The highest BCUT2D eigenvalue weighted by atomic mass is 32.2. The molecule has 7 heteroatoms. The quantitative estimate of drug-likeness (QED) is 0.645. The summed E-state index contributed by atoms with van der Waals surface area (Å²) in [4.78, 5) is 14.6. The standard InChI is InChI=1S/C21H28N2O4S/c1-4-14-23(15-5-2)21(24)17-8-7-9-20(16-17)28(25,26)22-18-10-12-19(13-11-18)27-6-3/h7-13,16,22H,4-6,14-15H2,1-3H3. The van der Waals surface area contributed by atoms with Gasteiger partial charge in [0.1, 0.15) is 5.75 Å². The molecule has 0 aliphatic heterocycles. The first-order chi connectivity index (χ1) is 13.4. The third kappa shape index (κ3) is 5.73. The second kappa shape index (κ2) is 10.1. The number of rotatable bonds is 10. The van der Waals surface area contributed by atoms with Crippen LogP contribution in [0.1, 0.15) is 44.0 Å². The minimum Gasteiger partial charge on any atom is -0.494 e. The maximum Gasteiger partial charge on any atom is 0.261 e. The number of ether oxygens (including phenoxy) is 1. The molecule has 0 atom stereocenters. The first-order valence-electron chi connectivity index (χ1n) is 9.56. The van der Waals surface area contributed by atoms with E-state index in [9.17, 15) is 13.2 Å². The van der Waals surface area contributed by atoms with Gasteiger partial charge in [0, 0.05) is 24.3 Å². The van der Waals surface area contributed by atoms with E-state index in [1.165, 1.54) is 12.1 Å². The molecule has 2 aromatic rings. The molecule has 0 unspecified atom stereocenters. The molecule has 28 heavy (non-hydrogen) atoms. The zero-order chi connectivity index (χ0) is 20.6. The highest BCUT2D eigenvalue weighted by molar-refractivity contribution is 7.92. The van der Waals surface area contributed by atoms with Gasteiger partial charge in [0.05, 0.1) is 11.5 Å². The highest BCUT2D eigenvalue weighted by Crippen LogP contribution is 2.21. The van der Waals surface area contributed by atoms with E-state index in [0.717, 1.165) is 12.8 Å². The molecule has 0 aliphatic carbocycles. The van der Waals surface area contributed by atoms with Gasteiger partial charge in [0.15, 0.2) is 0 Å². The molecule has 0 fully saturated rings. The molecule has 0 bridgehead atoms. The number of carbonyl (C=O) groups excluding carboxylic acids is 1. The van der Waals surface area contributed by atoms with Crippen molar-refractivity contribution in [1.82, 2.24) is 4.90 Å². The van der Waals surface area contributed by atoms with Gasteiger partial charge in [-0.25, -0.2) is 8.42 Å². The van der Waals surface area contributed by atoms with Crippen LogP contribution >= 0.6 is 0 Å². The van der Waals surface area contributed by atoms with Gasteiger partial charge in [-0.3, -0.25) is 9.52 Å². The van der Waals surface area contributed by atoms with Crippen LogP contribution in [0.5, 0.6) is 5.75 Å². The second-order valence-electron chi connectivity index (χ2n) is 6.38. The topological polar surface area (TPSA) is 75.7 Å². The first-order valence-corrected chi connectivity index (χ1v) is 11.0. The van der Waals surface area contributed by atoms with Crippen LogP contribution in [0.3, 0.4) is 0 Å². The highest BCUT2D eigenvalue weighted by Gasteiger charge is 2.19. The molecule has 2 rings (SSSR count). The molecule has 0 radical (unpaired) electrons. The van der Waals surface area contributed by atoms with Gasteiger partial charge >= 0.3 is 0 Å². The van der Waals surface area contributed by atoms with E-state index in [0.29, 0.717) is 36.7 Å². The number of sulfonamides is 1. The Morgan fingerprint density at radius 2 is 1.64 bits per heavy atom. The van der Waals surface area contributed by atoms with Crippen molar-refractivity contribution in [3.05, 3.63) is 54.1 Å². The van der Waals surface area contributed by atoms with Gasteiger partial charge in [-0.1, -0.05) is 19.9 Å². The summed E-state index contributed by atoms with van der Waals surface area (Å²) in [5.41, 5.74) is 0.801. The fourth-order valence-corrected chi connectivity index (χ4v) is 3.94. The molecule has 0 spiro atoms. The fourth-order valence-electron chi connectivity index (χ4n) is 2.83. The van der Waals surface area contributed by atoms with Gasteiger partial charge < -0.3 is 9.64 Å². The second-order valence-corrected chi connectivity index (χ2v) is 8.07. The number of carbonyl (C=O) groups is 1. The minimum absolute atomic E-state index is 0.0557. The lowest BCUT2D eigenvalue weighted by Crippen LogP contribution is -2.32. The van der Waals surface area contributed by atoms with Crippen LogP contribution in [0.25, 0.3) is 0 Å². The smallest absolute Gasteiger partial charge is 0.261 e. The van der Waals surface area contributed by atoms with Gasteiger partial charge in [-0.2, -0.15) is 0 Å². The van der Waals surface area contributed by atoms with Crippen molar-refractivity contribution in [3.8, 4) is 5.75 Å². The Balaban J connectivity index is 2.22. The monoisotopic (exact) mass is 404 g/mol. The lowest BCUT2D eigenvalue weighted by atomic mass is 10.2. The Hall–Kier alpha value is -2.54. The van der Waals surface area contributed by atoms with E-state index in [4.69, 9.17) is 4.74 Å². The molecule has 0 aromatic heterocycles. The number of hydrogen-bond donors (Lipinski definition) is 1. The zero-order valence-corrected chi connectivity index (χ0v) is 17.5. The largest absolute Gasteiger partial charge is 0.494 e. The molecule has 152 valence electrons. The third-order valence-corrected chi connectivity index (χ3v) is 5.46. The first kappa shape index (κ1) is 21.8. The van der Waals surface area contributed by atoms with Crippen LogP contribution in [0.4, 0.5) is 5.69 Å². The number of amides is 1. The molecule has 1 N–H and O–H groups in total. The summed E-state index contributed by atoms with van der Waals surface area (Å²) in [5.74, 6) is 0.520. The lowest BCUT2D eigenvalue weighted by molar-refractivity contribution is 0.0755. The third-order valence-electron chi connectivity index (χ3n) is 4.08.